The minimum absolute atomic E-state index is 0.441. The van der Waals surface area contributed by atoms with E-state index in [-0.39, 0.29) is 0 Å². The number of nitrogens with one attached hydrogen (secondary N) is 1. The number of ether oxygens (including phenoxy) is 1. The molecule has 0 aliphatic rings. The van der Waals surface area contributed by atoms with Crippen molar-refractivity contribution in [3.63, 3.8) is 0 Å². The zero-order chi connectivity index (χ0) is 22.5. The van der Waals surface area contributed by atoms with Crippen molar-refractivity contribution in [3.05, 3.63) is 59.4 Å². The molecule has 0 bridgehead atoms. The second kappa shape index (κ2) is 10.4. The minimum Gasteiger partial charge on any atom is -0.384 e. The lowest BCUT2D eigenvalue weighted by Crippen LogP contribution is -2.19. The molecule has 9 heteroatoms. The van der Waals surface area contributed by atoms with Crippen LogP contribution < -0.4 is 10.5 Å². The second-order valence-electron chi connectivity index (χ2n) is 7.46. The zero-order valence-corrected chi connectivity index (χ0v) is 19.5. The Morgan fingerprint density at radius 1 is 1.12 bits per heavy atom. The molecule has 0 saturated carbocycles. The number of hydrogen-bond donors (Lipinski definition) is 2. The van der Waals surface area contributed by atoms with Crippen LogP contribution in [0.15, 0.2) is 53.4 Å². The van der Waals surface area contributed by atoms with Crippen LogP contribution in [0.2, 0.25) is 5.02 Å². The Balaban J connectivity index is 1.49. The number of nitrogens with zero attached hydrogens (tertiary/aromatic N) is 3. The van der Waals surface area contributed by atoms with Crippen molar-refractivity contribution < 1.29 is 8.95 Å². The summed E-state index contributed by atoms with van der Waals surface area (Å²) in [5, 5.41) is 1.67. The van der Waals surface area contributed by atoms with Gasteiger partial charge in [-0.3, -0.25) is 0 Å². The Bertz CT molecular complexity index is 1240. The number of benzene rings is 2. The molecule has 2 heterocycles. The molecule has 2 aromatic heterocycles. The topological polar surface area (TPSA) is 95.1 Å². The van der Waals surface area contributed by atoms with Crippen molar-refractivity contribution in [2.75, 3.05) is 26.0 Å². The van der Waals surface area contributed by atoms with Crippen LogP contribution in [0.5, 0.6) is 0 Å². The molecule has 1 atom stereocenters. The van der Waals surface area contributed by atoms with E-state index < -0.39 is 11.0 Å². The summed E-state index contributed by atoms with van der Waals surface area (Å²) in [4.78, 5) is 10.0. The molecule has 0 aliphatic heterocycles. The third-order valence-electron chi connectivity index (χ3n) is 5.29. The van der Waals surface area contributed by atoms with Gasteiger partial charge in [-0.25, -0.2) is 18.9 Å². The number of unbranched alkanes of at least 4 members (excludes halogenated alkanes) is 1. The number of fused-ring (bicyclic) bond motifs is 3. The Morgan fingerprint density at radius 2 is 1.91 bits per heavy atom. The fourth-order valence-electron chi connectivity index (χ4n) is 3.73. The molecule has 0 radical (unpaired) electrons. The van der Waals surface area contributed by atoms with Gasteiger partial charge in [0.05, 0.1) is 22.5 Å². The normalized spacial score (nSPS) is 12.6. The summed E-state index contributed by atoms with van der Waals surface area (Å²) in [5.74, 6) is 1.38. The summed E-state index contributed by atoms with van der Waals surface area (Å²) in [6, 6.07) is 15.0. The van der Waals surface area contributed by atoms with E-state index in [1.165, 1.54) is 0 Å². The second-order valence-corrected chi connectivity index (χ2v) is 9.19. The van der Waals surface area contributed by atoms with Crippen molar-refractivity contribution in [2.24, 2.45) is 0 Å². The first-order valence-corrected chi connectivity index (χ1v) is 12.0. The highest BCUT2D eigenvalue weighted by molar-refractivity contribution is 7.83. The minimum atomic E-state index is -1.25. The monoisotopic (exact) mass is 471 g/mol. The molecule has 168 valence electrons. The quantitative estimate of drug-likeness (QED) is 0.339. The highest BCUT2D eigenvalue weighted by Crippen LogP contribution is 2.29. The largest absolute Gasteiger partial charge is 0.384 e. The fourth-order valence-corrected chi connectivity index (χ4v) is 4.74. The van der Waals surface area contributed by atoms with Crippen LogP contribution in [0.25, 0.3) is 21.9 Å². The molecule has 4 aromatic rings. The molecule has 4 rings (SSSR count). The standard InChI is InChI=1S/C23H26ClN5O2S/c1-31-15-12-20-28-21-22(18-6-2-3-7-19(18)27-23(21)25)29(20)14-5-4-13-26-32(30)17-10-8-16(24)9-11-17/h2-3,6-11,26H,4-5,12-15H2,1H3,(H2,25,27). The SMILES string of the molecule is COCCc1nc2c(N)nc3ccccc3c2n1CCCCNS(=O)c1ccc(Cl)cc1. The van der Waals surface area contributed by atoms with E-state index in [0.29, 0.717) is 35.3 Å². The maximum absolute atomic E-state index is 12.4. The van der Waals surface area contributed by atoms with Crippen LogP contribution in [-0.2, 0) is 28.7 Å². The van der Waals surface area contributed by atoms with E-state index in [4.69, 9.17) is 27.1 Å². The van der Waals surface area contributed by atoms with Gasteiger partial charge >= 0.3 is 0 Å². The lowest BCUT2D eigenvalue weighted by atomic mass is 10.2. The number of para-hydroxylation sites is 1. The molecular weight excluding hydrogens is 446 g/mol. The van der Waals surface area contributed by atoms with E-state index in [2.05, 4.69) is 20.3 Å². The molecule has 0 amide bonds. The maximum atomic E-state index is 12.4. The lowest BCUT2D eigenvalue weighted by Gasteiger charge is -2.11. The van der Waals surface area contributed by atoms with Crippen molar-refractivity contribution in [1.82, 2.24) is 19.3 Å². The number of halogens is 1. The van der Waals surface area contributed by atoms with Crippen molar-refractivity contribution in [2.45, 2.75) is 30.7 Å². The summed E-state index contributed by atoms with van der Waals surface area (Å²) in [5.41, 5.74) is 8.84. The van der Waals surface area contributed by atoms with Crippen molar-refractivity contribution >= 4 is 50.3 Å². The van der Waals surface area contributed by atoms with Crippen LogP contribution in [0.4, 0.5) is 5.82 Å². The van der Waals surface area contributed by atoms with Gasteiger partial charge in [0.25, 0.3) is 0 Å². The molecule has 1 unspecified atom stereocenters. The van der Waals surface area contributed by atoms with Crippen LogP contribution in [0.3, 0.4) is 0 Å². The molecule has 0 spiro atoms. The maximum Gasteiger partial charge on any atom is 0.152 e. The number of aryl methyl sites for hydroxylation is 1. The lowest BCUT2D eigenvalue weighted by molar-refractivity contribution is 0.199. The number of imidazole rings is 1. The average Bonchev–Trinajstić information content (AvgIpc) is 3.17. The van der Waals surface area contributed by atoms with Crippen molar-refractivity contribution in [1.29, 1.82) is 0 Å². The summed E-state index contributed by atoms with van der Waals surface area (Å²) in [7, 11) is 0.432. The van der Waals surface area contributed by atoms with Gasteiger partial charge in [-0.1, -0.05) is 29.8 Å². The summed E-state index contributed by atoms with van der Waals surface area (Å²) >= 11 is 5.90. The first-order chi connectivity index (χ1) is 15.6. The predicted octanol–water partition coefficient (Wildman–Crippen LogP) is 4.10. The zero-order valence-electron chi connectivity index (χ0n) is 17.9. The van der Waals surface area contributed by atoms with E-state index in [9.17, 15) is 4.21 Å². The van der Waals surface area contributed by atoms with Gasteiger partial charge in [0.15, 0.2) is 5.82 Å². The first kappa shape index (κ1) is 22.7. The number of pyridine rings is 1. The van der Waals surface area contributed by atoms with Gasteiger partial charge in [0.2, 0.25) is 0 Å². The third kappa shape index (κ3) is 4.94. The average molecular weight is 472 g/mol. The first-order valence-electron chi connectivity index (χ1n) is 10.5. The summed E-state index contributed by atoms with van der Waals surface area (Å²) in [6.07, 6.45) is 2.45. The highest BCUT2D eigenvalue weighted by Gasteiger charge is 2.17. The predicted molar refractivity (Wildman–Crippen MR) is 130 cm³/mol. The number of aromatic nitrogens is 3. The number of hydrogen-bond acceptors (Lipinski definition) is 5. The van der Waals surface area contributed by atoms with Crippen LogP contribution >= 0.6 is 11.6 Å². The van der Waals surface area contributed by atoms with E-state index in [1.807, 2.05) is 18.2 Å². The highest BCUT2D eigenvalue weighted by atomic mass is 35.5. The van der Waals surface area contributed by atoms with Gasteiger partial charge in [0.1, 0.15) is 22.3 Å². The van der Waals surface area contributed by atoms with Gasteiger partial charge in [0, 0.05) is 37.0 Å². The molecule has 2 aromatic carbocycles. The molecule has 0 fully saturated rings. The van der Waals surface area contributed by atoms with E-state index >= 15 is 0 Å². The van der Waals surface area contributed by atoms with Gasteiger partial charge in [-0.15, -0.1) is 0 Å². The third-order valence-corrected chi connectivity index (χ3v) is 6.71. The molecule has 3 N–H and O–H groups in total. The molecular formula is C23H26ClN5O2S. The number of nitrogen functional groups attached to an aromatic ring is 1. The Labute approximate surface area is 194 Å². The number of methoxy groups -OCH3 is 1. The van der Waals surface area contributed by atoms with Gasteiger partial charge in [-0.2, -0.15) is 0 Å². The van der Waals surface area contributed by atoms with Gasteiger partial charge in [-0.05, 0) is 43.2 Å². The molecule has 0 aliphatic carbocycles. The van der Waals surface area contributed by atoms with Crippen LogP contribution in [0, 0.1) is 0 Å². The molecule has 32 heavy (non-hydrogen) atoms. The van der Waals surface area contributed by atoms with E-state index in [1.54, 1.807) is 31.4 Å². The van der Waals surface area contributed by atoms with Gasteiger partial charge < -0.3 is 15.0 Å². The van der Waals surface area contributed by atoms with E-state index in [0.717, 1.165) is 47.1 Å². The number of rotatable bonds is 10. The summed E-state index contributed by atoms with van der Waals surface area (Å²) < 4.78 is 23.0. The van der Waals surface area contributed by atoms with Crippen LogP contribution in [-0.4, -0.2) is 39.0 Å². The van der Waals surface area contributed by atoms with Crippen molar-refractivity contribution in [3.8, 4) is 0 Å². The van der Waals surface area contributed by atoms with Crippen LogP contribution in [0.1, 0.15) is 18.7 Å². The Hall–Kier alpha value is -2.52. The Morgan fingerprint density at radius 3 is 2.69 bits per heavy atom. The molecule has 7 nitrogen and oxygen atoms in total. The number of anilines is 1. The molecule has 0 saturated heterocycles. The summed E-state index contributed by atoms with van der Waals surface area (Å²) in [6.45, 7) is 1.99. The smallest absolute Gasteiger partial charge is 0.152 e. The number of nitrogens with two attached hydrogens (primary N) is 1. The fraction of sp³-hybridized carbons (Fsp3) is 0.304. The Kier molecular flexibility index (Phi) is 7.36.